The molecule has 0 heterocycles. The Balaban J connectivity index is 1.48. The van der Waals surface area contributed by atoms with Crippen molar-refractivity contribution in [2.24, 2.45) is 0 Å². The van der Waals surface area contributed by atoms with Crippen molar-refractivity contribution in [2.75, 3.05) is 44.8 Å². The second-order valence-electron chi connectivity index (χ2n) is 9.41. The standard InChI is InChI=1S/C34H33N3O7S/c1-41-26-17-25(18-27(20-26)42-2)35-32(38)21-45-28-12-8-11-24(19-28)36-34(40)29(37-33(39)23-9-6-5-7-10-23)15-22-13-14-30(43-3)31(16-22)44-4/h5-20H,21H2,1-4H3,(H,35,38)(H,36,40)(H,37,39)/b29-15+. The highest BCUT2D eigenvalue weighted by Crippen LogP contribution is 2.29. The molecule has 4 rings (SSSR count). The van der Waals surface area contributed by atoms with Crippen LogP contribution in [-0.4, -0.2) is 51.9 Å². The van der Waals surface area contributed by atoms with Gasteiger partial charge < -0.3 is 34.9 Å². The van der Waals surface area contributed by atoms with Crippen molar-refractivity contribution in [2.45, 2.75) is 4.90 Å². The average molecular weight is 628 g/mol. The first-order valence-electron chi connectivity index (χ1n) is 13.7. The van der Waals surface area contributed by atoms with E-state index < -0.39 is 11.8 Å². The molecule has 11 heteroatoms. The zero-order chi connectivity index (χ0) is 32.2. The van der Waals surface area contributed by atoms with E-state index in [0.717, 1.165) is 4.90 Å². The highest BCUT2D eigenvalue weighted by atomic mass is 32.2. The molecule has 0 saturated carbocycles. The third kappa shape index (κ3) is 9.28. The van der Waals surface area contributed by atoms with Crippen molar-refractivity contribution >= 4 is 46.9 Å². The highest BCUT2D eigenvalue weighted by molar-refractivity contribution is 8.00. The molecule has 10 nitrogen and oxygen atoms in total. The van der Waals surface area contributed by atoms with Crippen molar-refractivity contribution in [1.29, 1.82) is 0 Å². The van der Waals surface area contributed by atoms with Crippen LogP contribution in [0, 0.1) is 0 Å². The van der Waals surface area contributed by atoms with Crippen molar-refractivity contribution in [3.63, 3.8) is 0 Å². The lowest BCUT2D eigenvalue weighted by Gasteiger charge is -2.13. The molecular weight excluding hydrogens is 594 g/mol. The summed E-state index contributed by atoms with van der Waals surface area (Å²) in [4.78, 5) is 39.9. The first-order chi connectivity index (χ1) is 21.8. The number of hydrogen-bond acceptors (Lipinski definition) is 8. The third-order valence-corrected chi connectivity index (χ3v) is 7.34. The number of thioether (sulfide) groups is 1. The lowest BCUT2D eigenvalue weighted by molar-refractivity contribution is -0.114. The molecule has 0 unspecified atom stereocenters. The van der Waals surface area contributed by atoms with Gasteiger partial charge in [0.25, 0.3) is 11.8 Å². The monoisotopic (exact) mass is 627 g/mol. The highest BCUT2D eigenvalue weighted by Gasteiger charge is 2.16. The summed E-state index contributed by atoms with van der Waals surface area (Å²) in [5.74, 6) is 1.02. The fraction of sp³-hybridized carbons (Fsp3) is 0.147. The number of carbonyl (C=O) groups is 3. The van der Waals surface area contributed by atoms with Gasteiger partial charge in [-0.1, -0.05) is 30.3 Å². The van der Waals surface area contributed by atoms with Crippen LogP contribution in [0.5, 0.6) is 23.0 Å². The molecule has 0 aliphatic rings. The predicted molar refractivity (Wildman–Crippen MR) is 175 cm³/mol. The van der Waals surface area contributed by atoms with Crippen molar-refractivity contribution in [3.05, 3.63) is 108 Å². The fourth-order valence-corrected chi connectivity index (χ4v) is 4.89. The van der Waals surface area contributed by atoms with Crippen LogP contribution in [0.25, 0.3) is 6.08 Å². The maximum Gasteiger partial charge on any atom is 0.272 e. The van der Waals surface area contributed by atoms with Crippen LogP contribution >= 0.6 is 11.8 Å². The molecule has 0 spiro atoms. The quantitative estimate of drug-likeness (QED) is 0.124. The molecule has 4 aromatic carbocycles. The van der Waals surface area contributed by atoms with Gasteiger partial charge in [-0.15, -0.1) is 11.8 Å². The van der Waals surface area contributed by atoms with Crippen LogP contribution in [0.15, 0.2) is 102 Å². The molecule has 45 heavy (non-hydrogen) atoms. The van der Waals surface area contributed by atoms with Gasteiger partial charge >= 0.3 is 0 Å². The Hall–Kier alpha value is -5.42. The van der Waals surface area contributed by atoms with Gasteiger partial charge in [0.1, 0.15) is 17.2 Å². The molecule has 0 aliphatic carbocycles. The maximum atomic E-state index is 13.5. The van der Waals surface area contributed by atoms with Crippen LogP contribution in [0.4, 0.5) is 11.4 Å². The van der Waals surface area contributed by atoms with Crippen LogP contribution in [-0.2, 0) is 9.59 Å². The van der Waals surface area contributed by atoms with Crippen LogP contribution in [0.2, 0.25) is 0 Å². The predicted octanol–water partition coefficient (Wildman–Crippen LogP) is 5.86. The summed E-state index contributed by atoms with van der Waals surface area (Å²) < 4.78 is 21.2. The van der Waals surface area contributed by atoms with Gasteiger partial charge in [0.15, 0.2) is 11.5 Å². The molecule has 0 saturated heterocycles. The molecule has 3 amide bonds. The average Bonchev–Trinajstić information content (AvgIpc) is 3.07. The van der Waals surface area contributed by atoms with Crippen LogP contribution in [0.3, 0.4) is 0 Å². The fourth-order valence-electron chi connectivity index (χ4n) is 4.14. The Labute approximate surface area is 265 Å². The SMILES string of the molecule is COc1cc(NC(=O)CSc2cccc(NC(=O)/C(=C\c3ccc(OC)c(OC)c3)NC(=O)c3ccccc3)c2)cc(OC)c1. The molecule has 3 N–H and O–H groups in total. The maximum absolute atomic E-state index is 13.5. The van der Waals surface area contributed by atoms with Gasteiger partial charge in [0.05, 0.1) is 34.2 Å². The third-order valence-electron chi connectivity index (χ3n) is 6.34. The molecule has 0 atom stereocenters. The van der Waals surface area contributed by atoms with E-state index in [2.05, 4.69) is 16.0 Å². The largest absolute Gasteiger partial charge is 0.497 e. The summed E-state index contributed by atoms with van der Waals surface area (Å²) in [6.45, 7) is 0. The molecule has 232 valence electrons. The molecule has 0 bridgehead atoms. The normalized spacial score (nSPS) is 10.8. The molecule has 0 aromatic heterocycles. The lowest BCUT2D eigenvalue weighted by Crippen LogP contribution is -2.30. The van der Waals surface area contributed by atoms with Gasteiger partial charge in [-0.3, -0.25) is 14.4 Å². The lowest BCUT2D eigenvalue weighted by atomic mass is 10.1. The van der Waals surface area contributed by atoms with Gasteiger partial charge in [0.2, 0.25) is 5.91 Å². The number of hydrogen-bond donors (Lipinski definition) is 3. The summed E-state index contributed by atoms with van der Waals surface area (Å²) in [5, 5.41) is 8.41. The number of rotatable bonds is 13. The minimum absolute atomic E-state index is 0.0159. The number of carbonyl (C=O) groups excluding carboxylic acids is 3. The van der Waals surface area contributed by atoms with E-state index in [0.29, 0.717) is 45.5 Å². The molecular formula is C34H33N3O7S. The van der Waals surface area contributed by atoms with Gasteiger partial charge in [0, 0.05) is 40.0 Å². The van der Waals surface area contributed by atoms with E-state index in [1.165, 1.54) is 40.2 Å². The van der Waals surface area contributed by atoms with E-state index in [4.69, 9.17) is 18.9 Å². The molecule has 0 aliphatic heterocycles. The van der Waals surface area contributed by atoms with Gasteiger partial charge in [-0.25, -0.2) is 0 Å². The number of nitrogens with one attached hydrogen (secondary N) is 3. The minimum atomic E-state index is -0.541. The topological polar surface area (TPSA) is 124 Å². The first kappa shape index (κ1) is 32.5. The van der Waals surface area contributed by atoms with Crippen LogP contribution in [0.1, 0.15) is 15.9 Å². The number of methoxy groups -OCH3 is 4. The Morgan fingerprint density at radius 3 is 2.07 bits per heavy atom. The second kappa shape index (κ2) is 15.9. The second-order valence-corrected chi connectivity index (χ2v) is 10.5. The van der Waals surface area contributed by atoms with Crippen molar-refractivity contribution < 1.29 is 33.3 Å². The van der Waals surface area contributed by atoms with Gasteiger partial charge in [-0.05, 0) is 54.1 Å². The van der Waals surface area contributed by atoms with E-state index in [1.807, 2.05) is 6.07 Å². The molecule has 4 aromatic rings. The Morgan fingerprint density at radius 2 is 1.40 bits per heavy atom. The number of amides is 3. The zero-order valence-electron chi connectivity index (χ0n) is 25.2. The van der Waals surface area contributed by atoms with E-state index >= 15 is 0 Å². The van der Waals surface area contributed by atoms with E-state index in [1.54, 1.807) is 91.0 Å². The van der Waals surface area contributed by atoms with Crippen molar-refractivity contribution in [3.8, 4) is 23.0 Å². The summed E-state index contributed by atoms with van der Waals surface area (Å²) >= 11 is 1.30. The number of ether oxygens (including phenoxy) is 4. The summed E-state index contributed by atoms with van der Waals surface area (Å²) in [6.07, 6.45) is 1.55. The molecule has 0 radical (unpaired) electrons. The first-order valence-corrected chi connectivity index (χ1v) is 14.7. The van der Waals surface area contributed by atoms with Crippen LogP contribution < -0.4 is 34.9 Å². The molecule has 0 fully saturated rings. The Kier molecular flexibility index (Phi) is 11.5. The smallest absolute Gasteiger partial charge is 0.272 e. The summed E-state index contributed by atoms with van der Waals surface area (Å²) in [6, 6.07) is 25.9. The van der Waals surface area contributed by atoms with Gasteiger partial charge in [-0.2, -0.15) is 0 Å². The van der Waals surface area contributed by atoms with E-state index in [9.17, 15) is 14.4 Å². The van der Waals surface area contributed by atoms with E-state index in [-0.39, 0.29) is 17.4 Å². The van der Waals surface area contributed by atoms with Crippen molar-refractivity contribution in [1.82, 2.24) is 5.32 Å². The Morgan fingerprint density at radius 1 is 0.689 bits per heavy atom. The summed E-state index contributed by atoms with van der Waals surface area (Å²) in [7, 11) is 6.12. The zero-order valence-corrected chi connectivity index (χ0v) is 26.0. The number of benzene rings is 4. The Bertz CT molecular complexity index is 1670. The summed E-state index contributed by atoms with van der Waals surface area (Å²) in [5.41, 5.74) is 2.05. The minimum Gasteiger partial charge on any atom is -0.497 e. The number of anilines is 2.